The van der Waals surface area contributed by atoms with Crippen molar-refractivity contribution in [2.75, 3.05) is 12.3 Å². The number of fused-ring (bicyclic) bond motifs is 2. The number of aromatic amines is 1. The van der Waals surface area contributed by atoms with Gasteiger partial charge in [-0.05, 0) is 36.2 Å². The molecule has 0 bridgehead atoms. The Bertz CT molecular complexity index is 778. The van der Waals surface area contributed by atoms with Gasteiger partial charge in [-0.15, -0.1) is 0 Å². The van der Waals surface area contributed by atoms with Crippen LogP contribution in [0.1, 0.15) is 17.3 Å². The van der Waals surface area contributed by atoms with E-state index >= 15 is 0 Å². The molecule has 0 amide bonds. The molecule has 1 unspecified atom stereocenters. The summed E-state index contributed by atoms with van der Waals surface area (Å²) in [6.07, 6.45) is 0.950. The van der Waals surface area contributed by atoms with Crippen molar-refractivity contribution in [1.82, 2.24) is 9.97 Å². The number of hydrogen-bond donors (Lipinski definition) is 2. The van der Waals surface area contributed by atoms with Crippen LogP contribution in [0.3, 0.4) is 0 Å². The van der Waals surface area contributed by atoms with Crippen molar-refractivity contribution in [2.24, 2.45) is 0 Å². The minimum absolute atomic E-state index is 0.263. The Kier molecular flexibility index (Phi) is 2.42. The molecule has 20 heavy (non-hydrogen) atoms. The molecule has 0 aliphatic carbocycles. The number of para-hydroxylation sites is 1. The zero-order valence-corrected chi connectivity index (χ0v) is 11.0. The fourth-order valence-electron chi connectivity index (χ4n) is 2.74. The molecule has 2 aromatic carbocycles. The molecular formula is C16H15N3O. The maximum atomic E-state index is 5.83. The summed E-state index contributed by atoms with van der Waals surface area (Å²) in [5.74, 6) is 2.22. The average Bonchev–Trinajstić information content (AvgIpc) is 2.89. The summed E-state index contributed by atoms with van der Waals surface area (Å²) in [6, 6.07) is 13.9. The van der Waals surface area contributed by atoms with Crippen LogP contribution in [0.5, 0.6) is 5.75 Å². The Balaban J connectivity index is 1.70. The van der Waals surface area contributed by atoms with Crippen LogP contribution in [0, 0.1) is 0 Å². The fraction of sp³-hybridized carbons (Fsp3) is 0.188. The molecule has 0 radical (unpaired) electrons. The molecule has 3 N–H and O–H groups in total. The largest absolute Gasteiger partial charge is 0.493 e. The molecule has 3 aromatic rings. The number of nitrogens with one attached hydrogen (secondary N) is 1. The highest BCUT2D eigenvalue weighted by atomic mass is 16.5. The van der Waals surface area contributed by atoms with Crippen molar-refractivity contribution in [1.29, 1.82) is 0 Å². The molecule has 0 saturated heterocycles. The summed E-state index contributed by atoms with van der Waals surface area (Å²) in [5.41, 5.74) is 9.73. The lowest BCUT2D eigenvalue weighted by atomic mass is 9.96. The van der Waals surface area contributed by atoms with Crippen LogP contribution in [-0.4, -0.2) is 16.6 Å². The SMILES string of the molecule is Nc1ccc2nc(C3COc4ccccc4C3)[nH]c2c1. The van der Waals surface area contributed by atoms with Gasteiger partial charge in [0.15, 0.2) is 0 Å². The van der Waals surface area contributed by atoms with Gasteiger partial charge in [0.1, 0.15) is 11.6 Å². The normalized spacial score (nSPS) is 17.7. The van der Waals surface area contributed by atoms with Crippen molar-refractivity contribution < 1.29 is 4.74 Å². The lowest BCUT2D eigenvalue weighted by Crippen LogP contribution is -2.20. The molecule has 0 fully saturated rings. The highest BCUT2D eigenvalue weighted by molar-refractivity contribution is 5.78. The third-order valence-electron chi connectivity index (χ3n) is 3.79. The second-order valence-corrected chi connectivity index (χ2v) is 5.22. The Labute approximate surface area is 116 Å². The average molecular weight is 265 g/mol. The first kappa shape index (κ1) is 11.3. The van der Waals surface area contributed by atoms with Gasteiger partial charge in [0.25, 0.3) is 0 Å². The van der Waals surface area contributed by atoms with Gasteiger partial charge in [-0.25, -0.2) is 4.98 Å². The molecule has 4 heteroatoms. The van der Waals surface area contributed by atoms with Gasteiger partial charge in [-0.1, -0.05) is 18.2 Å². The third kappa shape index (κ3) is 1.81. The van der Waals surface area contributed by atoms with Gasteiger partial charge >= 0.3 is 0 Å². The summed E-state index contributed by atoms with van der Waals surface area (Å²) < 4.78 is 5.83. The van der Waals surface area contributed by atoms with Crippen molar-refractivity contribution in [2.45, 2.75) is 12.3 Å². The Morgan fingerprint density at radius 2 is 2.10 bits per heavy atom. The number of nitrogens with two attached hydrogens (primary N) is 1. The first-order chi connectivity index (χ1) is 9.79. The highest BCUT2D eigenvalue weighted by Gasteiger charge is 2.23. The van der Waals surface area contributed by atoms with E-state index in [-0.39, 0.29) is 5.92 Å². The third-order valence-corrected chi connectivity index (χ3v) is 3.79. The van der Waals surface area contributed by atoms with E-state index in [2.05, 4.69) is 16.0 Å². The Morgan fingerprint density at radius 1 is 1.20 bits per heavy atom. The van der Waals surface area contributed by atoms with Crippen LogP contribution in [0.15, 0.2) is 42.5 Å². The lowest BCUT2D eigenvalue weighted by molar-refractivity contribution is 0.258. The number of ether oxygens (including phenoxy) is 1. The predicted octanol–water partition coefficient (Wildman–Crippen LogP) is 2.86. The van der Waals surface area contributed by atoms with Gasteiger partial charge in [0.05, 0.1) is 23.6 Å². The number of rotatable bonds is 1. The first-order valence-corrected chi connectivity index (χ1v) is 6.75. The summed E-state index contributed by atoms with van der Waals surface area (Å²) in [5, 5.41) is 0. The summed E-state index contributed by atoms with van der Waals surface area (Å²) in [7, 11) is 0. The van der Waals surface area contributed by atoms with E-state index in [1.165, 1.54) is 5.56 Å². The molecule has 0 spiro atoms. The quantitative estimate of drug-likeness (QED) is 0.665. The number of benzene rings is 2. The standard InChI is InChI=1S/C16H15N3O/c17-12-5-6-13-14(8-12)19-16(18-13)11-7-10-3-1-2-4-15(10)20-9-11/h1-6,8,11H,7,9,17H2,(H,18,19). The van der Waals surface area contributed by atoms with Crippen LogP contribution in [-0.2, 0) is 6.42 Å². The second-order valence-electron chi connectivity index (χ2n) is 5.22. The number of aromatic nitrogens is 2. The monoisotopic (exact) mass is 265 g/mol. The van der Waals surface area contributed by atoms with Crippen LogP contribution < -0.4 is 10.5 Å². The van der Waals surface area contributed by atoms with Crippen molar-refractivity contribution >= 4 is 16.7 Å². The number of imidazole rings is 1. The second kappa shape index (κ2) is 4.27. The number of nitrogen functional groups attached to an aromatic ring is 1. The van der Waals surface area contributed by atoms with E-state index in [1.54, 1.807) is 0 Å². The van der Waals surface area contributed by atoms with Gasteiger partial charge < -0.3 is 15.5 Å². The molecule has 1 atom stereocenters. The molecule has 1 aromatic heterocycles. The maximum Gasteiger partial charge on any atom is 0.122 e. The van der Waals surface area contributed by atoms with E-state index in [0.717, 1.165) is 34.7 Å². The number of nitrogens with zero attached hydrogens (tertiary/aromatic N) is 1. The first-order valence-electron chi connectivity index (χ1n) is 6.75. The van der Waals surface area contributed by atoms with Crippen LogP contribution >= 0.6 is 0 Å². The van der Waals surface area contributed by atoms with Gasteiger partial charge in [0.2, 0.25) is 0 Å². The maximum absolute atomic E-state index is 5.83. The molecular weight excluding hydrogens is 250 g/mol. The number of H-pyrrole nitrogens is 1. The predicted molar refractivity (Wildman–Crippen MR) is 78.9 cm³/mol. The van der Waals surface area contributed by atoms with Crippen LogP contribution in [0.2, 0.25) is 0 Å². The molecule has 1 aliphatic heterocycles. The zero-order chi connectivity index (χ0) is 13.5. The fourth-order valence-corrected chi connectivity index (χ4v) is 2.74. The Hall–Kier alpha value is -2.49. The highest BCUT2D eigenvalue weighted by Crippen LogP contribution is 2.31. The molecule has 100 valence electrons. The summed E-state index contributed by atoms with van der Waals surface area (Å²) >= 11 is 0. The Morgan fingerprint density at radius 3 is 3.05 bits per heavy atom. The molecule has 2 heterocycles. The van der Waals surface area contributed by atoms with Crippen molar-refractivity contribution in [3.8, 4) is 5.75 Å². The molecule has 1 aliphatic rings. The lowest BCUT2D eigenvalue weighted by Gasteiger charge is -2.23. The van der Waals surface area contributed by atoms with E-state index in [1.807, 2.05) is 36.4 Å². The minimum Gasteiger partial charge on any atom is -0.493 e. The number of anilines is 1. The van der Waals surface area contributed by atoms with Crippen molar-refractivity contribution in [3.63, 3.8) is 0 Å². The van der Waals surface area contributed by atoms with Gasteiger partial charge in [0, 0.05) is 5.69 Å². The van der Waals surface area contributed by atoms with Crippen LogP contribution in [0.25, 0.3) is 11.0 Å². The van der Waals surface area contributed by atoms with E-state index in [9.17, 15) is 0 Å². The van der Waals surface area contributed by atoms with E-state index in [4.69, 9.17) is 10.5 Å². The molecule has 4 nitrogen and oxygen atoms in total. The van der Waals surface area contributed by atoms with Crippen molar-refractivity contribution in [3.05, 3.63) is 53.9 Å². The summed E-state index contributed by atoms with van der Waals surface area (Å²) in [4.78, 5) is 8.03. The molecule has 4 rings (SSSR count). The van der Waals surface area contributed by atoms with Gasteiger partial charge in [-0.2, -0.15) is 0 Å². The van der Waals surface area contributed by atoms with E-state index < -0.39 is 0 Å². The smallest absolute Gasteiger partial charge is 0.122 e. The van der Waals surface area contributed by atoms with E-state index in [0.29, 0.717) is 6.61 Å². The number of hydrogen-bond acceptors (Lipinski definition) is 3. The zero-order valence-electron chi connectivity index (χ0n) is 11.0. The summed E-state index contributed by atoms with van der Waals surface area (Å²) in [6.45, 7) is 0.659. The van der Waals surface area contributed by atoms with Gasteiger partial charge in [-0.3, -0.25) is 0 Å². The topological polar surface area (TPSA) is 63.9 Å². The minimum atomic E-state index is 0.263. The van der Waals surface area contributed by atoms with Crippen LogP contribution in [0.4, 0.5) is 5.69 Å². The molecule has 0 saturated carbocycles.